The lowest BCUT2D eigenvalue weighted by atomic mass is 10.5. The molecule has 0 amide bonds. The van der Waals surface area contributed by atoms with Gasteiger partial charge in [-0.25, -0.2) is 4.98 Å². The van der Waals surface area contributed by atoms with Crippen molar-refractivity contribution in [1.29, 1.82) is 0 Å². The second-order valence-electron chi connectivity index (χ2n) is 3.20. The smallest absolute Gasteiger partial charge is 0.275 e. The van der Waals surface area contributed by atoms with Gasteiger partial charge in [-0.3, -0.25) is 4.79 Å². The van der Waals surface area contributed by atoms with Crippen LogP contribution in [-0.4, -0.2) is 32.1 Å². The average molecular weight is 257 g/mol. The van der Waals surface area contributed by atoms with Crippen molar-refractivity contribution < 1.29 is 5.11 Å². The Balaban J connectivity index is 2.29. The summed E-state index contributed by atoms with van der Waals surface area (Å²) < 4.78 is 1.33. The monoisotopic (exact) mass is 257 g/mol. The van der Waals surface area contributed by atoms with Crippen molar-refractivity contribution >= 4 is 28.1 Å². The van der Waals surface area contributed by atoms with Crippen LogP contribution < -0.4 is 5.56 Å². The topological polar surface area (TPSA) is 67.5 Å². The first-order valence-corrected chi connectivity index (χ1v) is 6.73. The van der Waals surface area contributed by atoms with Gasteiger partial charge in [-0.15, -0.1) is 0 Å². The summed E-state index contributed by atoms with van der Waals surface area (Å²) in [6, 6.07) is 1.47. The fraction of sp³-hybridized carbons (Fsp3) is 0.444. The fourth-order valence-corrected chi connectivity index (χ4v) is 2.97. The first-order chi connectivity index (χ1) is 7.70. The van der Waals surface area contributed by atoms with Crippen LogP contribution in [0.5, 0.6) is 0 Å². The van der Waals surface area contributed by atoms with Crippen molar-refractivity contribution in [3.05, 3.63) is 27.1 Å². The summed E-state index contributed by atoms with van der Waals surface area (Å²) >= 11 is 3.00. The molecule has 0 aromatic carbocycles. The molecule has 0 unspecified atom stereocenters. The highest BCUT2D eigenvalue weighted by atomic mass is 32.2. The molecule has 5 nitrogen and oxygen atoms in total. The molecule has 86 valence electrons. The second-order valence-corrected chi connectivity index (χ2v) is 5.35. The molecule has 1 N–H and O–H groups in total. The zero-order valence-electron chi connectivity index (χ0n) is 8.71. The lowest BCUT2D eigenvalue weighted by Gasteiger charge is -1.92. The van der Waals surface area contributed by atoms with Crippen molar-refractivity contribution in [1.82, 2.24) is 14.6 Å². The largest absolute Gasteiger partial charge is 0.396 e. The van der Waals surface area contributed by atoms with Gasteiger partial charge in [-0.05, 0) is 6.92 Å². The van der Waals surface area contributed by atoms with Crippen LogP contribution in [0, 0.1) is 6.92 Å². The zero-order chi connectivity index (χ0) is 11.5. The van der Waals surface area contributed by atoms with E-state index in [2.05, 4.69) is 10.1 Å². The molecule has 0 aliphatic rings. The van der Waals surface area contributed by atoms with Crippen molar-refractivity contribution in [3.63, 3.8) is 0 Å². The minimum Gasteiger partial charge on any atom is -0.396 e. The SMILES string of the molecule is Cc1cc(=O)n2nc(CSCCO)sc2n1. The summed E-state index contributed by atoms with van der Waals surface area (Å²) in [4.78, 5) is 16.4. The van der Waals surface area contributed by atoms with Gasteiger partial charge in [0, 0.05) is 23.3 Å². The predicted molar refractivity (Wildman–Crippen MR) is 65.1 cm³/mol. The van der Waals surface area contributed by atoms with Crippen molar-refractivity contribution in [2.24, 2.45) is 0 Å². The molecule has 0 aliphatic carbocycles. The lowest BCUT2D eigenvalue weighted by molar-refractivity contribution is 0.322. The van der Waals surface area contributed by atoms with Crippen LogP contribution >= 0.6 is 23.1 Å². The predicted octanol–water partition coefficient (Wildman–Crippen LogP) is 0.685. The maximum Gasteiger partial charge on any atom is 0.275 e. The van der Waals surface area contributed by atoms with Crippen LogP contribution in [0.15, 0.2) is 10.9 Å². The fourth-order valence-electron chi connectivity index (χ4n) is 1.24. The summed E-state index contributed by atoms with van der Waals surface area (Å²) in [5.74, 6) is 1.38. The summed E-state index contributed by atoms with van der Waals surface area (Å²) in [6.45, 7) is 1.95. The Bertz CT molecular complexity index is 549. The number of aromatic nitrogens is 3. The average Bonchev–Trinajstić information content (AvgIpc) is 2.61. The minimum atomic E-state index is -0.142. The first kappa shape index (κ1) is 11.6. The molecule has 0 aliphatic heterocycles. The van der Waals surface area contributed by atoms with E-state index >= 15 is 0 Å². The summed E-state index contributed by atoms with van der Waals surface area (Å²) in [6.07, 6.45) is 0. The number of fused-ring (bicyclic) bond motifs is 1. The molecule has 2 rings (SSSR count). The van der Waals surface area contributed by atoms with Gasteiger partial charge in [0.25, 0.3) is 5.56 Å². The molecule has 0 radical (unpaired) electrons. The molecule has 2 aromatic heterocycles. The van der Waals surface area contributed by atoms with Gasteiger partial charge < -0.3 is 5.11 Å². The number of aliphatic hydroxyl groups is 1. The van der Waals surface area contributed by atoms with E-state index in [1.54, 1.807) is 18.7 Å². The highest BCUT2D eigenvalue weighted by molar-refractivity contribution is 7.98. The van der Waals surface area contributed by atoms with E-state index in [1.807, 2.05) is 0 Å². The van der Waals surface area contributed by atoms with Crippen LogP contribution in [0.4, 0.5) is 0 Å². The maximum absolute atomic E-state index is 11.6. The number of hydrogen-bond donors (Lipinski definition) is 1. The molecule has 7 heteroatoms. The molecular weight excluding hydrogens is 246 g/mol. The maximum atomic E-state index is 11.6. The highest BCUT2D eigenvalue weighted by Crippen LogP contribution is 2.17. The van der Waals surface area contributed by atoms with Gasteiger partial charge in [-0.2, -0.15) is 21.4 Å². The zero-order valence-corrected chi connectivity index (χ0v) is 10.3. The molecule has 0 bridgehead atoms. The minimum absolute atomic E-state index is 0.142. The number of aliphatic hydroxyl groups excluding tert-OH is 1. The van der Waals surface area contributed by atoms with E-state index in [-0.39, 0.29) is 12.2 Å². The summed E-state index contributed by atoms with van der Waals surface area (Å²) in [5, 5.41) is 13.7. The number of rotatable bonds is 4. The Labute approximate surface area is 100 Å². The van der Waals surface area contributed by atoms with Gasteiger partial charge in [-0.1, -0.05) is 11.3 Å². The van der Waals surface area contributed by atoms with E-state index in [4.69, 9.17) is 5.11 Å². The van der Waals surface area contributed by atoms with Crippen LogP contribution in [0.1, 0.15) is 10.7 Å². The molecule has 16 heavy (non-hydrogen) atoms. The lowest BCUT2D eigenvalue weighted by Crippen LogP contribution is -2.14. The first-order valence-electron chi connectivity index (χ1n) is 4.75. The number of nitrogens with zero attached hydrogens (tertiary/aromatic N) is 3. The number of hydrogen-bond acceptors (Lipinski definition) is 6. The van der Waals surface area contributed by atoms with E-state index in [0.717, 1.165) is 5.01 Å². The third-order valence-electron chi connectivity index (χ3n) is 1.88. The molecule has 0 spiro atoms. The molecule has 0 saturated heterocycles. The number of aryl methyl sites for hydroxylation is 1. The van der Waals surface area contributed by atoms with E-state index in [1.165, 1.54) is 21.9 Å². The normalized spacial score (nSPS) is 11.1. The second kappa shape index (κ2) is 4.94. The van der Waals surface area contributed by atoms with E-state index < -0.39 is 0 Å². The van der Waals surface area contributed by atoms with Crippen molar-refractivity contribution in [3.8, 4) is 0 Å². The highest BCUT2D eigenvalue weighted by Gasteiger charge is 2.07. The van der Waals surface area contributed by atoms with Gasteiger partial charge in [0.2, 0.25) is 4.96 Å². The van der Waals surface area contributed by atoms with Crippen LogP contribution in [0.25, 0.3) is 4.96 Å². The third-order valence-corrected chi connectivity index (χ3v) is 3.92. The molecule has 0 atom stereocenters. The van der Waals surface area contributed by atoms with Crippen LogP contribution in [-0.2, 0) is 5.75 Å². The Hall–Kier alpha value is -0.920. The van der Waals surface area contributed by atoms with Crippen LogP contribution in [0.3, 0.4) is 0 Å². The van der Waals surface area contributed by atoms with Gasteiger partial charge in [0.05, 0.1) is 6.61 Å². The van der Waals surface area contributed by atoms with Crippen molar-refractivity contribution in [2.45, 2.75) is 12.7 Å². The summed E-state index contributed by atoms with van der Waals surface area (Å²) in [7, 11) is 0. The Morgan fingerprint density at radius 1 is 1.62 bits per heavy atom. The standard InChI is InChI=1S/C9H11N3O2S2/c1-6-4-8(14)12-9(10-6)16-7(11-12)5-15-3-2-13/h4,13H,2-3,5H2,1H3. The van der Waals surface area contributed by atoms with E-state index in [9.17, 15) is 4.79 Å². The van der Waals surface area contributed by atoms with Gasteiger partial charge >= 0.3 is 0 Å². The third kappa shape index (κ3) is 2.42. The van der Waals surface area contributed by atoms with Crippen LogP contribution in [0.2, 0.25) is 0 Å². The molecule has 0 saturated carbocycles. The Morgan fingerprint density at radius 2 is 2.44 bits per heavy atom. The molecule has 2 heterocycles. The Morgan fingerprint density at radius 3 is 3.19 bits per heavy atom. The van der Waals surface area contributed by atoms with Crippen molar-refractivity contribution in [2.75, 3.05) is 12.4 Å². The molecular formula is C9H11N3O2S2. The quantitative estimate of drug-likeness (QED) is 0.816. The molecule has 2 aromatic rings. The van der Waals surface area contributed by atoms with E-state index in [0.29, 0.717) is 22.2 Å². The van der Waals surface area contributed by atoms with Gasteiger partial charge in [0.15, 0.2) is 0 Å². The number of thioether (sulfide) groups is 1. The molecule has 0 fully saturated rings. The van der Waals surface area contributed by atoms with Gasteiger partial charge in [0.1, 0.15) is 5.01 Å². The summed E-state index contributed by atoms with van der Waals surface area (Å²) in [5.41, 5.74) is 0.570. The Kier molecular flexibility index (Phi) is 3.57.